The summed E-state index contributed by atoms with van der Waals surface area (Å²) in [6.07, 6.45) is -0.182. The number of hydrogen-bond acceptors (Lipinski definition) is 6. The third kappa shape index (κ3) is 2.09. The summed E-state index contributed by atoms with van der Waals surface area (Å²) in [4.78, 5) is 4.18. The first-order valence-corrected chi connectivity index (χ1v) is 4.56. The lowest BCUT2D eigenvalue weighted by Crippen LogP contribution is -2.22. The average Bonchev–Trinajstić information content (AvgIpc) is 2.68. The topological polar surface area (TPSA) is 69.4 Å². The van der Waals surface area contributed by atoms with Crippen molar-refractivity contribution in [3.8, 4) is 0 Å². The Bertz CT molecular complexity index is 283. The van der Waals surface area contributed by atoms with Gasteiger partial charge in [0.1, 0.15) is 6.10 Å². The van der Waals surface area contributed by atoms with Crippen molar-refractivity contribution in [1.29, 1.82) is 0 Å². The number of aromatic nitrogens is 2. The van der Waals surface area contributed by atoms with Gasteiger partial charge in [-0.15, -0.1) is 0 Å². The summed E-state index contributed by atoms with van der Waals surface area (Å²) in [6, 6.07) is 0. The van der Waals surface area contributed by atoms with Crippen LogP contribution in [0.5, 0.6) is 0 Å². The predicted molar refractivity (Wildman–Crippen MR) is 46.6 cm³/mol. The second-order valence-electron chi connectivity index (χ2n) is 3.01. The Labute approximate surface area is 81.6 Å². The van der Waals surface area contributed by atoms with Crippen LogP contribution < -0.4 is 5.32 Å². The van der Waals surface area contributed by atoms with Crippen molar-refractivity contribution in [1.82, 2.24) is 15.5 Å². The highest BCUT2D eigenvalue weighted by atomic mass is 16.6. The summed E-state index contributed by atoms with van der Waals surface area (Å²) in [5.41, 5.74) is 0. The van der Waals surface area contributed by atoms with Crippen LogP contribution in [0.25, 0.3) is 0 Å². The molecular formula is C8H13N3O3. The van der Waals surface area contributed by atoms with E-state index in [9.17, 15) is 0 Å². The molecule has 78 valence electrons. The molecule has 0 spiro atoms. The van der Waals surface area contributed by atoms with Crippen LogP contribution in [0.1, 0.15) is 17.8 Å². The number of nitrogens with zero attached hydrogens (tertiary/aromatic N) is 2. The van der Waals surface area contributed by atoms with Gasteiger partial charge in [-0.2, -0.15) is 4.98 Å². The van der Waals surface area contributed by atoms with E-state index in [2.05, 4.69) is 15.5 Å². The summed E-state index contributed by atoms with van der Waals surface area (Å²) in [6.45, 7) is 2.29. The maximum atomic E-state index is 5.43. The van der Waals surface area contributed by atoms with Gasteiger partial charge in [-0.25, -0.2) is 0 Å². The minimum absolute atomic E-state index is 0.182. The number of ether oxygens (including phenoxy) is 2. The number of rotatable bonds is 3. The molecule has 1 aliphatic heterocycles. The van der Waals surface area contributed by atoms with Crippen molar-refractivity contribution in [3.63, 3.8) is 0 Å². The standard InChI is InChI=1S/C8H13N3O3/c1-9-4-7-10-8(11-14-7)6-5-12-2-3-13-6/h6,9H,2-5H2,1H3. The Kier molecular flexibility index (Phi) is 3.07. The molecule has 1 saturated heterocycles. The van der Waals surface area contributed by atoms with Crippen LogP contribution in [-0.2, 0) is 16.0 Å². The van der Waals surface area contributed by atoms with Crippen LogP contribution in [0.15, 0.2) is 4.52 Å². The Morgan fingerprint density at radius 3 is 3.14 bits per heavy atom. The van der Waals surface area contributed by atoms with E-state index in [1.54, 1.807) is 0 Å². The van der Waals surface area contributed by atoms with Crippen molar-refractivity contribution >= 4 is 0 Å². The maximum Gasteiger partial charge on any atom is 0.240 e. The largest absolute Gasteiger partial charge is 0.376 e. The molecule has 6 heteroatoms. The molecule has 0 saturated carbocycles. The molecule has 0 aliphatic carbocycles. The highest BCUT2D eigenvalue weighted by Gasteiger charge is 2.21. The molecule has 1 fully saturated rings. The van der Waals surface area contributed by atoms with Crippen LogP contribution >= 0.6 is 0 Å². The zero-order chi connectivity index (χ0) is 9.80. The van der Waals surface area contributed by atoms with E-state index in [4.69, 9.17) is 14.0 Å². The van der Waals surface area contributed by atoms with Crippen LogP contribution in [0.2, 0.25) is 0 Å². The third-order valence-corrected chi connectivity index (χ3v) is 1.92. The average molecular weight is 199 g/mol. The molecular weight excluding hydrogens is 186 g/mol. The van der Waals surface area contributed by atoms with Crippen LogP contribution in [0.3, 0.4) is 0 Å². The minimum atomic E-state index is -0.182. The molecule has 0 aromatic carbocycles. The van der Waals surface area contributed by atoms with Crippen molar-refractivity contribution in [3.05, 3.63) is 11.7 Å². The predicted octanol–water partition coefficient (Wildman–Crippen LogP) is -0.123. The molecule has 1 aliphatic rings. The Morgan fingerprint density at radius 1 is 1.50 bits per heavy atom. The van der Waals surface area contributed by atoms with Gasteiger partial charge in [0.25, 0.3) is 0 Å². The third-order valence-electron chi connectivity index (χ3n) is 1.92. The van der Waals surface area contributed by atoms with Crippen LogP contribution in [-0.4, -0.2) is 37.0 Å². The number of hydrogen-bond donors (Lipinski definition) is 1. The second kappa shape index (κ2) is 4.50. The van der Waals surface area contributed by atoms with Crippen molar-refractivity contribution in [2.75, 3.05) is 26.9 Å². The van der Waals surface area contributed by atoms with Gasteiger partial charge in [-0.1, -0.05) is 5.16 Å². The normalized spacial score (nSPS) is 22.5. The van der Waals surface area contributed by atoms with Crippen LogP contribution in [0.4, 0.5) is 0 Å². The molecule has 0 amide bonds. The highest BCUT2D eigenvalue weighted by molar-refractivity contribution is 4.91. The molecule has 1 unspecified atom stereocenters. The summed E-state index contributed by atoms with van der Waals surface area (Å²) < 4.78 is 15.7. The van der Waals surface area contributed by atoms with E-state index in [1.165, 1.54) is 0 Å². The van der Waals surface area contributed by atoms with Crippen molar-refractivity contribution < 1.29 is 14.0 Å². The maximum absolute atomic E-state index is 5.43. The van der Waals surface area contributed by atoms with Gasteiger partial charge in [-0.3, -0.25) is 0 Å². The fraction of sp³-hybridized carbons (Fsp3) is 0.750. The first-order chi connectivity index (χ1) is 6.90. The van der Waals surface area contributed by atoms with Gasteiger partial charge in [0.2, 0.25) is 11.7 Å². The molecule has 1 aromatic rings. The van der Waals surface area contributed by atoms with E-state index < -0.39 is 0 Å². The first-order valence-electron chi connectivity index (χ1n) is 4.56. The molecule has 2 rings (SSSR count). The molecule has 14 heavy (non-hydrogen) atoms. The van der Waals surface area contributed by atoms with E-state index in [1.807, 2.05) is 7.05 Å². The lowest BCUT2D eigenvalue weighted by molar-refractivity contribution is -0.0941. The summed E-state index contributed by atoms with van der Waals surface area (Å²) in [5.74, 6) is 1.13. The summed E-state index contributed by atoms with van der Waals surface area (Å²) >= 11 is 0. The van der Waals surface area contributed by atoms with Gasteiger partial charge in [0.15, 0.2) is 0 Å². The summed E-state index contributed by atoms with van der Waals surface area (Å²) in [5, 5.41) is 6.76. The molecule has 0 bridgehead atoms. The smallest absolute Gasteiger partial charge is 0.240 e. The minimum Gasteiger partial charge on any atom is -0.376 e. The summed E-state index contributed by atoms with van der Waals surface area (Å²) in [7, 11) is 1.82. The molecule has 1 aromatic heterocycles. The molecule has 1 atom stereocenters. The first kappa shape index (κ1) is 9.57. The van der Waals surface area contributed by atoms with Gasteiger partial charge in [-0.05, 0) is 7.05 Å². The molecule has 2 heterocycles. The zero-order valence-electron chi connectivity index (χ0n) is 8.02. The fourth-order valence-corrected chi connectivity index (χ4v) is 1.26. The molecule has 1 N–H and O–H groups in total. The highest BCUT2D eigenvalue weighted by Crippen LogP contribution is 2.17. The zero-order valence-corrected chi connectivity index (χ0v) is 8.02. The SMILES string of the molecule is CNCc1nc(C2COCCO2)no1. The van der Waals surface area contributed by atoms with Crippen molar-refractivity contribution in [2.24, 2.45) is 0 Å². The van der Waals surface area contributed by atoms with Crippen molar-refractivity contribution in [2.45, 2.75) is 12.6 Å². The van der Waals surface area contributed by atoms with E-state index in [0.717, 1.165) is 0 Å². The Hall–Kier alpha value is -0.980. The van der Waals surface area contributed by atoms with E-state index in [0.29, 0.717) is 38.1 Å². The van der Waals surface area contributed by atoms with E-state index >= 15 is 0 Å². The van der Waals surface area contributed by atoms with Crippen LogP contribution in [0, 0.1) is 0 Å². The Morgan fingerprint density at radius 2 is 2.43 bits per heavy atom. The second-order valence-corrected chi connectivity index (χ2v) is 3.01. The van der Waals surface area contributed by atoms with E-state index in [-0.39, 0.29) is 6.10 Å². The number of nitrogens with one attached hydrogen (secondary N) is 1. The lowest BCUT2D eigenvalue weighted by atomic mass is 10.3. The fourth-order valence-electron chi connectivity index (χ4n) is 1.26. The Balaban J connectivity index is 2.00. The monoisotopic (exact) mass is 199 g/mol. The van der Waals surface area contributed by atoms with Gasteiger partial charge < -0.3 is 19.3 Å². The lowest BCUT2D eigenvalue weighted by Gasteiger charge is -2.19. The molecule has 0 radical (unpaired) electrons. The van der Waals surface area contributed by atoms with Gasteiger partial charge in [0.05, 0.1) is 26.4 Å². The molecule has 6 nitrogen and oxygen atoms in total. The van der Waals surface area contributed by atoms with Gasteiger partial charge in [0, 0.05) is 0 Å². The van der Waals surface area contributed by atoms with Gasteiger partial charge >= 0.3 is 0 Å². The quantitative estimate of drug-likeness (QED) is 0.731.